The van der Waals surface area contributed by atoms with Gasteiger partial charge in [0, 0.05) is 18.5 Å². The molecule has 5 heteroatoms. The number of ether oxygens (including phenoxy) is 1. The molecule has 0 amide bonds. The predicted molar refractivity (Wildman–Crippen MR) is 65.2 cm³/mol. The Labute approximate surface area is 101 Å². The zero-order chi connectivity index (χ0) is 11.5. The van der Waals surface area contributed by atoms with Crippen molar-refractivity contribution >= 4 is 25.8 Å². The van der Waals surface area contributed by atoms with E-state index in [-0.39, 0.29) is 16.4 Å². The Hall–Kier alpha value is 0.390. The van der Waals surface area contributed by atoms with Crippen molar-refractivity contribution in [1.29, 1.82) is 0 Å². The molecule has 0 radical (unpaired) electrons. The number of sulfone groups is 1. The van der Waals surface area contributed by atoms with Crippen LogP contribution in [0.1, 0.15) is 26.7 Å². The minimum absolute atomic E-state index is 0.183. The van der Waals surface area contributed by atoms with E-state index < -0.39 is 9.84 Å². The molecule has 90 valence electrons. The van der Waals surface area contributed by atoms with E-state index in [1.807, 2.05) is 13.8 Å². The molecule has 1 aliphatic heterocycles. The van der Waals surface area contributed by atoms with Crippen LogP contribution >= 0.6 is 15.9 Å². The van der Waals surface area contributed by atoms with Crippen LogP contribution in [0.5, 0.6) is 0 Å². The minimum Gasteiger partial charge on any atom is -0.381 e. The third kappa shape index (κ3) is 4.04. The van der Waals surface area contributed by atoms with Gasteiger partial charge in [-0.1, -0.05) is 29.8 Å². The molecule has 1 heterocycles. The molecule has 15 heavy (non-hydrogen) atoms. The summed E-state index contributed by atoms with van der Waals surface area (Å²) in [4.78, 5) is 0. The summed E-state index contributed by atoms with van der Waals surface area (Å²) in [7, 11) is -2.96. The van der Waals surface area contributed by atoms with Crippen molar-refractivity contribution in [2.24, 2.45) is 5.41 Å². The average Bonchev–Trinajstić information content (AvgIpc) is 2.18. The SMILES string of the molecule is CC(C)(CBr)CS(=O)(=O)C1CCOCC1. The van der Waals surface area contributed by atoms with Crippen LogP contribution in [0.3, 0.4) is 0 Å². The van der Waals surface area contributed by atoms with E-state index in [9.17, 15) is 8.42 Å². The fraction of sp³-hybridized carbons (Fsp3) is 1.00. The first kappa shape index (κ1) is 13.5. The highest BCUT2D eigenvalue weighted by Gasteiger charge is 2.32. The maximum absolute atomic E-state index is 12.1. The predicted octanol–water partition coefficient (Wildman–Crippen LogP) is 2.00. The lowest BCUT2D eigenvalue weighted by molar-refractivity contribution is 0.0982. The van der Waals surface area contributed by atoms with Crippen molar-refractivity contribution in [2.75, 3.05) is 24.3 Å². The fourth-order valence-corrected chi connectivity index (χ4v) is 4.53. The van der Waals surface area contributed by atoms with E-state index in [4.69, 9.17) is 4.74 Å². The average molecular weight is 299 g/mol. The summed E-state index contributed by atoms with van der Waals surface area (Å²) in [5.41, 5.74) is -0.183. The number of hydrogen-bond acceptors (Lipinski definition) is 3. The fourth-order valence-electron chi connectivity index (χ4n) is 1.74. The van der Waals surface area contributed by atoms with Gasteiger partial charge in [-0.15, -0.1) is 0 Å². The van der Waals surface area contributed by atoms with Gasteiger partial charge in [0.15, 0.2) is 9.84 Å². The number of hydrogen-bond donors (Lipinski definition) is 0. The second-order valence-electron chi connectivity index (χ2n) is 4.92. The van der Waals surface area contributed by atoms with Crippen LogP contribution in [0.4, 0.5) is 0 Å². The van der Waals surface area contributed by atoms with E-state index in [2.05, 4.69) is 15.9 Å². The highest BCUT2D eigenvalue weighted by atomic mass is 79.9. The molecule has 1 rings (SSSR count). The molecule has 0 atom stereocenters. The van der Waals surface area contributed by atoms with Crippen molar-refractivity contribution in [2.45, 2.75) is 31.9 Å². The Balaban J connectivity index is 2.65. The molecule has 0 aromatic carbocycles. The van der Waals surface area contributed by atoms with E-state index in [0.717, 1.165) is 0 Å². The van der Waals surface area contributed by atoms with Crippen LogP contribution in [0.25, 0.3) is 0 Å². The number of rotatable bonds is 4. The van der Waals surface area contributed by atoms with Gasteiger partial charge in [0.2, 0.25) is 0 Å². The molecule has 0 spiro atoms. The molecule has 0 aromatic rings. The van der Waals surface area contributed by atoms with E-state index in [1.165, 1.54) is 0 Å². The molecular weight excluding hydrogens is 280 g/mol. The van der Waals surface area contributed by atoms with Gasteiger partial charge < -0.3 is 4.74 Å². The van der Waals surface area contributed by atoms with Crippen molar-refractivity contribution in [3.63, 3.8) is 0 Å². The van der Waals surface area contributed by atoms with Gasteiger partial charge in [0.25, 0.3) is 0 Å². The van der Waals surface area contributed by atoms with Crippen LogP contribution in [0.15, 0.2) is 0 Å². The summed E-state index contributed by atoms with van der Waals surface area (Å²) in [6.07, 6.45) is 1.31. The Kier molecular flexibility index (Phi) is 4.62. The molecular formula is C10H19BrO3S. The lowest BCUT2D eigenvalue weighted by atomic mass is 10.0. The van der Waals surface area contributed by atoms with Crippen molar-refractivity contribution < 1.29 is 13.2 Å². The van der Waals surface area contributed by atoms with Gasteiger partial charge in [-0.25, -0.2) is 8.42 Å². The largest absolute Gasteiger partial charge is 0.381 e. The van der Waals surface area contributed by atoms with Crippen LogP contribution in [-0.2, 0) is 14.6 Å². The molecule has 0 bridgehead atoms. The second kappa shape index (κ2) is 5.15. The van der Waals surface area contributed by atoms with Crippen LogP contribution in [-0.4, -0.2) is 38.0 Å². The summed E-state index contributed by atoms with van der Waals surface area (Å²) in [6.45, 7) is 5.11. The number of halogens is 1. The van der Waals surface area contributed by atoms with Crippen LogP contribution in [0, 0.1) is 5.41 Å². The Bertz CT molecular complexity index is 292. The smallest absolute Gasteiger partial charge is 0.153 e. The van der Waals surface area contributed by atoms with Gasteiger partial charge in [-0.3, -0.25) is 0 Å². The van der Waals surface area contributed by atoms with E-state index >= 15 is 0 Å². The van der Waals surface area contributed by atoms with Gasteiger partial charge in [0.05, 0.1) is 11.0 Å². The molecule has 0 unspecified atom stereocenters. The molecule has 1 aliphatic rings. The van der Waals surface area contributed by atoms with Crippen LogP contribution < -0.4 is 0 Å². The van der Waals surface area contributed by atoms with E-state index in [0.29, 0.717) is 31.4 Å². The lowest BCUT2D eigenvalue weighted by Gasteiger charge is -2.27. The van der Waals surface area contributed by atoms with Gasteiger partial charge in [-0.05, 0) is 18.3 Å². The quantitative estimate of drug-likeness (QED) is 0.746. The molecule has 0 N–H and O–H groups in total. The highest BCUT2D eigenvalue weighted by molar-refractivity contribution is 9.09. The zero-order valence-corrected chi connectivity index (χ0v) is 11.7. The summed E-state index contributed by atoms with van der Waals surface area (Å²) >= 11 is 3.36. The zero-order valence-electron chi connectivity index (χ0n) is 9.33. The molecule has 3 nitrogen and oxygen atoms in total. The first-order valence-electron chi connectivity index (χ1n) is 5.23. The normalized spacial score (nSPS) is 20.5. The minimum atomic E-state index is -2.96. The topological polar surface area (TPSA) is 43.4 Å². The molecule has 0 aromatic heterocycles. The first-order valence-corrected chi connectivity index (χ1v) is 8.06. The van der Waals surface area contributed by atoms with Gasteiger partial charge in [0.1, 0.15) is 0 Å². The Morgan fingerprint density at radius 1 is 1.33 bits per heavy atom. The maximum Gasteiger partial charge on any atom is 0.153 e. The highest BCUT2D eigenvalue weighted by Crippen LogP contribution is 2.26. The molecule has 1 fully saturated rings. The number of alkyl halides is 1. The summed E-state index contributed by atoms with van der Waals surface area (Å²) in [5.74, 6) is 0.260. The summed E-state index contributed by atoms with van der Waals surface area (Å²) < 4.78 is 29.3. The first-order chi connectivity index (χ1) is 6.87. The monoisotopic (exact) mass is 298 g/mol. The Morgan fingerprint density at radius 2 is 1.87 bits per heavy atom. The van der Waals surface area contributed by atoms with Crippen molar-refractivity contribution in [1.82, 2.24) is 0 Å². The summed E-state index contributed by atoms with van der Waals surface area (Å²) in [6, 6.07) is 0. The van der Waals surface area contributed by atoms with Crippen molar-refractivity contribution in [3.8, 4) is 0 Å². The van der Waals surface area contributed by atoms with Gasteiger partial charge in [-0.2, -0.15) is 0 Å². The Morgan fingerprint density at radius 3 is 2.33 bits per heavy atom. The molecule has 0 saturated carbocycles. The third-order valence-electron chi connectivity index (χ3n) is 2.63. The van der Waals surface area contributed by atoms with E-state index in [1.54, 1.807) is 0 Å². The van der Waals surface area contributed by atoms with Crippen molar-refractivity contribution in [3.05, 3.63) is 0 Å². The second-order valence-corrected chi connectivity index (χ2v) is 7.76. The standard InChI is InChI=1S/C10H19BrO3S/c1-10(2,7-11)8-15(12,13)9-3-5-14-6-4-9/h9H,3-8H2,1-2H3. The maximum atomic E-state index is 12.1. The van der Waals surface area contributed by atoms with Gasteiger partial charge >= 0.3 is 0 Å². The van der Waals surface area contributed by atoms with Crippen LogP contribution in [0.2, 0.25) is 0 Å². The molecule has 1 saturated heterocycles. The molecule has 0 aliphatic carbocycles. The summed E-state index contributed by atoms with van der Waals surface area (Å²) in [5, 5.41) is 0.521. The lowest BCUT2D eigenvalue weighted by Crippen LogP contribution is -2.36. The third-order valence-corrected chi connectivity index (χ3v) is 6.82.